The Morgan fingerprint density at radius 2 is 2.24 bits per heavy atom. The van der Waals surface area contributed by atoms with Crippen molar-refractivity contribution in [3.05, 3.63) is 42.2 Å². The fourth-order valence-electron chi connectivity index (χ4n) is 2.57. The summed E-state index contributed by atoms with van der Waals surface area (Å²) >= 11 is 0. The van der Waals surface area contributed by atoms with Gasteiger partial charge in [0.25, 0.3) is 5.91 Å². The molecule has 1 unspecified atom stereocenters. The van der Waals surface area contributed by atoms with Crippen LogP contribution < -0.4 is 5.32 Å². The van der Waals surface area contributed by atoms with Gasteiger partial charge in [0.05, 0.1) is 11.9 Å². The molecule has 1 aliphatic heterocycles. The highest BCUT2D eigenvalue weighted by Crippen LogP contribution is 2.09. The Labute approximate surface area is 123 Å². The Hall–Kier alpha value is -2.21. The van der Waals surface area contributed by atoms with Crippen LogP contribution in [0.25, 0.3) is 5.69 Å². The molecule has 21 heavy (non-hydrogen) atoms. The molecule has 110 valence electrons. The Balaban J connectivity index is 1.69. The first kappa shape index (κ1) is 13.8. The highest BCUT2D eigenvalue weighted by molar-refractivity contribution is 5.91. The number of amides is 1. The van der Waals surface area contributed by atoms with Crippen LogP contribution in [0.3, 0.4) is 0 Å². The van der Waals surface area contributed by atoms with Crippen molar-refractivity contribution in [1.82, 2.24) is 25.2 Å². The molecule has 0 bridgehead atoms. The molecule has 3 rings (SSSR count). The van der Waals surface area contributed by atoms with Crippen LogP contribution in [0, 0.1) is 0 Å². The zero-order valence-electron chi connectivity index (χ0n) is 12.1. The monoisotopic (exact) mass is 285 g/mol. The highest BCUT2D eigenvalue weighted by Gasteiger charge is 2.21. The standard InChI is InChI=1S/C15H19N5O/c1-19(11-12-6-5-9-16-12)15(21)14-10-17-20(18-14)13-7-3-2-4-8-13/h2-4,7-8,10,12,16H,5-6,9,11H2,1H3. The van der Waals surface area contributed by atoms with Gasteiger partial charge in [-0.2, -0.15) is 9.90 Å². The topological polar surface area (TPSA) is 63.1 Å². The molecule has 0 aliphatic carbocycles. The van der Waals surface area contributed by atoms with E-state index in [9.17, 15) is 4.79 Å². The van der Waals surface area contributed by atoms with E-state index < -0.39 is 0 Å². The Morgan fingerprint density at radius 3 is 2.95 bits per heavy atom. The fraction of sp³-hybridized carbons (Fsp3) is 0.400. The third kappa shape index (κ3) is 3.11. The van der Waals surface area contributed by atoms with Gasteiger partial charge in [-0.15, -0.1) is 5.10 Å². The molecule has 1 aliphatic rings. The van der Waals surface area contributed by atoms with E-state index in [0.29, 0.717) is 18.3 Å². The second kappa shape index (κ2) is 6.05. The molecule has 1 amide bonds. The Morgan fingerprint density at radius 1 is 1.43 bits per heavy atom. The number of likely N-dealkylation sites (N-methyl/N-ethyl adjacent to an activating group) is 1. The molecule has 0 saturated carbocycles. The summed E-state index contributed by atoms with van der Waals surface area (Å²) in [6.07, 6.45) is 3.82. The third-order valence-electron chi connectivity index (χ3n) is 3.70. The van der Waals surface area contributed by atoms with E-state index in [1.54, 1.807) is 4.90 Å². The number of rotatable bonds is 4. The van der Waals surface area contributed by atoms with Crippen molar-refractivity contribution in [2.24, 2.45) is 0 Å². The number of hydrogen-bond acceptors (Lipinski definition) is 4. The zero-order chi connectivity index (χ0) is 14.7. The lowest BCUT2D eigenvalue weighted by molar-refractivity contribution is 0.0777. The third-order valence-corrected chi connectivity index (χ3v) is 3.70. The molecule has 1 aromatic heterocycles. The first-order valence-electron chi connectivity index (χ1n) is 7.20. The minimum Gasteiger partial charge on any atom is -0.339 e. The predicted octanol–water partition coefficient (Wildman–Crippen LogP) is 1.09. The average Bonchev–Trinajstić information content (AvgIpc) is 3.18. The first-order valence-corrected chi connectivity index (χ1v) is 7.20. The molecule has 1 saturated heterocycles. The van der Waals surface area contributed by atoms with Crippen molar-refractivity contribution >= 4 is 5.91 Å². The highest BCUT2D eigenvalue weighted by atomic mass is 16.2. The molecule has 2 aromatic rings. The van der Waals surface area contributed by atoms with Crippen molar-refractivity contribution in [3.63, 3.8) is 0 Å². The van der Waals surface area contributed by atoms with Crippen molar-refractivity contribution in [1.29, 1.82) is 0 Å². The van der Waals surface area contributed by atoms with E-state index in [2.05, 4.69) is 15.5 Å². The molecular weight excluding hydrogens is 266 g/mol. The van der Waals surface area contributed by atoms with Crippen LogP contribution in [-0.2, 0) is 0 Å². The first-order chi connectivity index (χ1) is 10.2. The Kier molecular flexibility index (Phi) is 3.96. The van der Waals surface area contributed by atoms with Gasteiger partial charge in [0.15, 0.2) is 5.69 Å². The lowest BCUT2D eigenvalue weighted by Gasteiger charge is -2.20. The molecule has 6 heteroatoms. The number of carbonyl (C=O) groups excluding carboxylic acids is 1. The van der Waals surface area contributed by atoms with Gasteiger partial charge in [-0.05, 0) is 31.5 Å². The normalized spacial score (nSPS) is 17.9. The average molecular weight is 285 g/mol. The van der Waals surface area contributed by atoms with Gasteiger partial charge >= 0.3 is 0 Å². The van der Waals surface area contributed by atoms with Crippen LogP contribution in [0.5, 0.6) is 0 Å². The van der Waals surface area contributed by atoms with Crippen LogP contribution >= 0.6 is 0 Å². The molecule has 0 spiro atoms. The summed E-state index contributed by atoms with van der Waals surface area (Å²) in [7, 11) is 1.81. The van der Waals surface area contributed by atoms with Crippen LogP contribution in [0.2, 0.25) is 0 Å². The largest absolute Gasteiger partial charge is 0.339 e. The molecule has 1 fully saturated rings. The lowest BCUT2D eigenvalue weighted by Crippen LogP contribution is -2.38. The van der Waals surface area contributed by atoms with Crippen molar-refractivity contribution in [3.8, 4) is 5.69 Å². The number of para-hydroxylation sites is 1. The number of nitrogens with zero attached hydrogens (tertiary/aromatic N) is 4. The second-order valence-electron chi connectivity index (χ2n) is 5.33. The number of nitrogens with one attached hydrogen (secondary N) is 1. The minimum atomic E-state index is -0.0918. The van der Waals surface area contributed by atoms with Crippen LogP contribution in [0.4, 0.5) is 0 Å². The molecule has 1 aromatic carbocycles. The van der Waals surface area contributed by atoms with Crippen molar-refractivity contribution < 1.29 is 4.79 Å². The zero-order valence-corrected chi connectivity index (χ0v) is 12.1. The summed E-state index contributed by atoms with van der Waals surface area (Å²) in [6.45, 7) is 1.74. The number of benzene rings is 1. The van der Waals surface area contributed by atoms with E-state index in [0.717, 1.165) is 18.7 Å². The molecule has 1 N–H and O–H groups in total. The maximum atomic E-state index is 12.4. The second-order valence-corrected chi connectivity index (χ2v) is 5.33. The van der Waals surface area contributed by atoms with E-state index in [1.807, 2.05) is 37.4 Å². The summed E-state index contributed by atoms with van der Waals surface area (Å²) in [6, 6.07) is 9.96. The van der Waals surface area contributed by atoms with Gasteiger partial charge in [0, 0.05) is 19.6 Å². The lowest BCUT2D eigenvalue weighted by atomic mass is 10.2. The molecule has 6 nitrogen and oxygen atoms in total. The maximum absolute atomic E-state index is 12.4. The molecule has 2 heterocycles. The summed E-state index contributed by atoms with van der Waals surface area (Å²) in [5, 5.41) is 11.8. The van der Waals surface area contributed by atoms with Gasteiger partial charge in [-0.25, -0.2) is 0 Å². The van der Waals surface area contributed by atoms with Gasteiger partial charge in [0.1, 0.15) is 0 Å². The summed E-state index contributed by atoms with van der Waals surface area (Å²) < 4.78 is 0. The summed E-state index contributed by atoms with van der Waals surface area (Å²) in [5.74, 6) is -0.0918. The van der Waals surface area contributed by atoms with E-state index in [1.165, 1.54) is 17.4 Å². The van der Waals surface area contributed by atoms with Crippen LogP contribution in [0.1, 0.15) is 23.3 Å². The van der Waals surface area contributed by atoms with Crippen molar-refractivity contribution in [2.75, 3.05) is 20.1 Å². The maximum Gasteiger partial charge on any atom is 0.275 e. The van der Waals surface area contributed by atoms with Crippen LogP contribution in [-0.4, -0.2) is 52.0 Å². The van der Waals surface area contributed by atoms with Gasteiger partial charge in [0.2, 0.25) is 0 Å². The summed E-state index contributed by atoms with van der Waals surface area (Å²) in [4.78, 5) is 15.6. The van der Waals surface area contributed by atoms with Crippen LogP contribution in [0.15, 0.2) is 36.5 Å². The minimum absolute atomic E-state index is 0.0918. The number of hydrogen-bond donors (Lipinski definition) is 1. The summed E-state index contributed by atoms with van der Waals surface area (Å²) in [5.41, 5.74) is 1.22. The predicted molar refractivity (Wildman–Crippen MR) is 79.3 cm³/mol. The SMILES string of the molecule is CN(CC1CCCN1)C(=O)c1cnn(-c2ccccc2)n1. The quantitative estimate of drug-likeness (QED) is 0.913. The molecule has 1 atom stereocenters. The van der Waals surface area contributed by atoms with E-state index >= 15 is 0 Å². The van der Waals surface area contributed by atoms with Gasteiger partial charge in [-0.1, -0.05) is 18.2 Å². The fourth-order valence-corrected chi connectivity index (χ4v) is 2.57. The smallest absolute Gasteiger partial charge is 0.275 e. The molecule has 0 radical (unpaired) electrons. The van der Waals surface area contributed by atoms with E-state index in [4.69, 9.17) is 0 Å². The van der Waals surface area contributed by atoms with E-state index in [-0.39, 0.29) is 5.91 Å². The number of carbonyl (C=O) groups is 1. The number of aromatic nitrogens is 3. The van der Waals surface area contributed by atoms with Crippen molar-refractivity contribution in [2.45, 2.75) is 18.9 Å². The van der Waals surface area contributed by atoms with Gasteiger partial charge < -0.3 is 10.2 Å². The Bertz CT molecular complexity index is 604. The molecular formula is C15H19N5O. The van der Waals surface area contributed by atoms with Gasteiger partial charge in [-0.3, -0.25) is 4.79 Å².